The number of aryl methyl sites for hydroxylation is 1. The van der Waals surface area contributed by atoms with E-state index in [4.69, 9.17) is 0 Å². The molecule has 0 aromatic heterocycles. The zero-order chi connectivity index (χ0) is 28.5. The second kappa shape index (κ2) is 13.4. The number of nitrogens with one attached hydrogen (secondary N) is 3. The van der Waals surface area contributed by atoms with Crippen molar-refractivity contribution in [2.75, 3.05) is 10.6 Å². The summed E-state index contributed by atoms with van der Waals surface area (Å²) < 4.78 is 0. The number of hydrogen-bond acceptors (Lipinski definition) is 4. The van der Waals surface area contributed by atoms with E-state index >= 15 is 0 Å². The molecule has 202 valence electrons. The monoisotopic (exact) mass is 549 g/mol. The van der Waals surface area contributed by atoms with Gasteiger partial charge < -0.3 is 16.0 Å². The van der Waals surface area contributed by atoms with Crippen LogP contribution >= 0.6 is 11.8 Å². The molecular weight excluding hydrogens is 518 g/mol. The Bertz CT molecular complexity index is 1520. The summed E-state index contributed by atoms with van der Waals surface area (Å²) >= 11 is 1.43. The number of carbonyl (C=O) groups is 3. The first-order chi connectivity index (χ1) is 19.3. The third-order valence-corrected chi connectivity index (χ3v) is 7.41. The molecule has 4 aromatic rings. The van der Waals surface area contributed by atoms with Crippen molar-refractivity contribution in [3.05, 3.63) is 131 Å². The van der Waals surface area contributed by atoms with Crippen molar-refractivity contribution in [1.29, 1.82) is 0 Å². The number of benzene rings is 4. The lowest BCUT2D eigenvalue weighted by molar-refractivity contribution is -0.115. The van der Waals surface area contributed by atoms with Gasteiger partial charge in [-0.25, -0.2) is 0 Å². The van der Waals surface area contributed by atoms with E-state index in [0.717, 1.165) is 27.3 Å². The molecule has 40 heavy (non-hydrogen) atoms. The Hall–Kier alpha value is -4.62. The van der Waals surface area contributed by atoms with Gasteiger partial charge in [-0.1, -0.05) is 60.7 Å². The fourth-order valence-electron chi connectivity index (χ4n) is 3.85. The number of carbonyl (C=O) groups excluding carboxylic acids is 3. The van der Waals surface area contributed by atoms with Crippen LogP contribution in [0.15, 0.2) is 114 Å². The summed E-state index contributed by atoms with van der Waals surface area (Å²) in [4.78, 5) is 39.7. The number of hydrogen-bond donors (Lipinski definition) is 3. The Morgan fingerprint density at radius 1 is 0.750 bits per heavy atom. The Balaban J connectivity index is 1.41. The van der Waals surface area contributed by atoms with Crippen molar-refractivity contribution in [3.8, 4) is 0 Å². The van der Waals surface area contributed by atoms with Crippen LogP contribution in [-0.4, -0.2) is 23.0 Å². The highest BCUT2D eigenvalue weighted by molar-refractivity contribution is 8.00. The van der Waals surface area contributed by atoms with Gasteiger partial charge in [-0.3, -0.25) is 14.4 Å². The van der Waals surface area contributed by atoms with Crippen LogP contribution in [0.4, 0.5) is 11.4 Å². The summed E-state index contributed by atoms with van der Waals surface area (Å²) in [5.41, 5.74) is 4.90. The molecule has 0 aliphatic rings. The molecule has 0 saturated carbocycles. The lowest BCUT2D eigenvalue weighted by Gasteiger charge is -2.15. The SMILES string of the molecule is Cc1cccc(NC(=O)C(C)Sc2ccc(NC(=O)/C(=C/c3ccccc3)NC(=O)c3ccccc3)cc2)c1C. The third-order valence-electron chi connectivity index (χ3n) is 6.30. The van der Waals surface area contributed by atoms with E-state index in [2.05, 4.69) is 16.0 Å². The van der Waals surface area contributed by atoms with Crippen molar-refractivity contribution in [1.82, 2.24) is 5.32 Å². The van der Waals surface area contributed by atoms with Gasteiger partial charge in [0.1, 0.15) is 5.70 Å². The summed E-state index contributed by atoms with van der Waals surface area (Å²) in [6.07, 6.45) is 1.64. The zero-order valence-electron chi connectivity index (χ0n) is 22.6. The Labute approximate surface area is 238 Å². The van der Waals surface area contributed by atoms with Gasteiger partial charge in [-0.05, 0) is 86.0 Å². The van der Waals surface area contributed by atoms with Crippen molar-refractivity contribution >= 4 is 46.9 Å². The number of thioether (sulfide) groups is 1. The van der Waals surface area contributed by atoms with E-state index in [1.54, 1.807) is 42.5 Å². The fourth-order valence-corrected chi connectivity index (χ4v) is 4.72. The van der Waals surface area contributed by atoms with Gasteiger partial charge in [0.25, 0.3) is 11.8 Å². The predicted molar refractivity (Wildman–Crippen MR) is 163 cm³/mol. The van der Waals surface area contributed by atoms with Crippen LogP contribution < -0.4 is 16.0 Å². The molecule has 3 N–H and O–H groups in total. The minimum atomic E-state index is -0.449. The van der Waals surface area contributed by atoms with Crippen LogP contribution in [0.25, 0.3) is 6.08 Å². The van der Waals surface area contributed by atoms with Crippen LogP contribution in [0.3, 0.4) is 0 Å². The molecule has 4 rings (SSSR count). The number of anilines is 2. The first-order valence-electron chi connectivity index (χ1n) is 12.9. The second-order valence-corrected chi connectivity index (χ2v) is 10.7. The van der Waals surface area contributed by atoms with Gasteiger partial charge in [0, 0.05) is 21.8 Å². The average Bonchev–Trinajstić information content (AvgIpc) is 2.97. The maximum absolute atomic E-state index is 13.2. The molecule has 0 saturated heterocycles. The van der Waals surface area contributed by atoms with E-state index < -0.39 is 5.91 Å². The maximum atomic E-state index is 13.2. The highest BCUT2D eigenvalue weighted by Crippen LogP contribution is 2.27. The van der Waals surface area contributed by atoms with Gasteiger partial charge in [0.05, 0.1) is 5.25 Å². The Morgan fingerprint density at radius 2 is 1.40 bits per heavy atom. The van der Waals surface area contributed by atoms with Crippen LogP contribution in [0.2, 0.25) is 0 Å². The predicted octanol–water partition coefficient (Wildman–Crippen LogP) is 6.83. The fraction of sp³-hybridized carbons (Fsp3) is 0.121. The smallest absolute Gasteiger partial charge is 0.272 e. The normalized spacial score (nSPS) is 11.8. The van der Waals surface area contributed by atoms with Crippen LogP contribution in [0, 0.1) is 13.8 Å². The minimum Gasteiger partial charge on any atom is -0.325 e. The van der Waals surface area contributed by atoms with E-state index in [9.17, 15) is 14.4 Å². The van der Waals surface area contributed by atoms with Crippen LogP contribution in [0.1, 0.15) is 34.0 Å². The third kappa shape index (κ3) is 7.71. The first-order valence-corrected chi connectivity index (χ1v) is 13.8. The van der Waals surface area contributed by atoms with Gasteiger partial charge in [-0.15, -0.1) is 11.8 Å². The molecule has 1 atom stereocenters. The molecule has 0 fully saturated rings. The molecule has 0 aliphatic carbocycles. The molecule has 6 nitrogen and oxygen atoms in total. The average molecular weight is 550 g/mol. The molecule has 0 heterocycles. The largest absolute Gasteiger partial charge is 0.325 e. The van der Waals surface area contributed by atoms with Gasteiger partial charge in [0.15, 0.2) is 0 Å². The molecule has 4 aromatic carbocycles. The Kier molecular flexibility index (Phi) is 9.54. The van der Waals surface area contributed by atoms with E-state index in [-0.39, 0.29) is 22.8 Å². The lowest BCUT2D eigenvalue weighted by Crippen LogP contribution is -2.30. The molecule has 0 bridgehead atoms. The van der Waals surface area contributed by atoms with Crippen molar-refractivity contribution < 1.29 is 14.4 Å². The van der Waals surface area contributed by atoms with Crippen LogP contribution in [0.5, 0.6) is 0 Å². The highest BCUT2D eigenvalue weighted by atomic mass is 32.2. The van der Waals surface area contributed by atoms with Gasteiger partial charge >= 0.3 is 0 Å². The molecule has 7 heteroatoms. The summed E-state index contributed by atoms with van der Waals surface area (Å²) in [6.45, 7) is 5.86. The van der Waals surface area contributed by atoms with Crippen molar-refractivity contribution in [3.63, 3.8) is 0 Å². The quantitative estimate of drug-likeness (QED) is 0.158. The first kappa shape index (κ1) is 28.4. The van der Waals surface area contributed by atoms with Crippen molar-refractivity contribution in [2.45, 2.75) is 30.9 Å². The van der Waals surface area contributed by atoms with Crippen molar-refractivity contribution in [2.24, 2.45) is 0 Å². The molecule has 0 aliphatic heterocycles. The number of rotatable bonds is 9. The minimum absolute atomic E-state index is 0.0825. The molecular formula is C33H31N3O3S. The molecule has 3 amide bonds. The second-order valence-electron chi connectivity index (χ2n) is 9.26. The van der Waals surface area contributed by atoms with E-state index in [0.29, 0.717) is 11.3 Å². The summed E-state index contributed by atoms with van der Waals surface area (Å²) in [5.74, 6) is -0.909. The van der Waals surface area contributed by atoms with E-state index in [1.807, 2.05) is 87.5 Å². The lowest BCUT2D eigenvalue weighted by atomic mass is 10.1. The maximum Gasteiger partial charge on any atom is 0.272 e. The summed E-state index contributed by atoms with van der Waals surface area (Å²) in [5, 5.41) is 8.28. The molecule has 0 radical (unpaired) electrons. The van der Waals surface area contributed by atoms with Gasteiger partial charge in [-0.2, -0.15) is 0 Å². The summed E-state index contributed by atoms with van der Waals surface area (Å²) in [7, 11) is 0. The molecule has 0 spiro atoms. The zero-order valence-corrected chi connectivity index (χ0v) is 23.4. The van der Waals surface area contributed by atoms with E-state index in [1.165, 1.54) is 11.8 Å². The highest BCUT2D eigenvalue weighted by Gasteiger charge is 2.17. The van der Waals surface area contributed by atoms with Crippen LogP contribution in [-0.2, 0) is 9.59 Å². The molecule has 1 unspecified atom stereocenters. The summed E-state index contributed by atoms with van der Waals surface area (Å²) in [6, 6.07) is 31.1. The topological polar surface area (TPSA) is 87.3 Å². The number of amides is 3. The Morgan fingerprint density at radius 3 is 2.08 bits per heavy atom. The van der Waals surface area contributed by atoms with Gasteiger partial charge in [0.2, 0.25) is 5.91 Å². The standard InChI is InChI=1S/C33H31N3O3S/c1-22-11-10-16-29(23(22)2)35-31(37)24(3)40-28-19-17-27(18-20-28)34-33(39)30(21-25-12-6-4-7-13-25)36-32(38)26-14-8-5-9-15-26/h4-21,24H,1-3H3,(H,34,39)(H,35,37)(H,36,38)/b30-21-.